The lowest BCUT2D eigenvalue weighted by Crippen LogP contribution is -2.59. The molecule has 1 aromatic carbocycles. The quantitative estimate of drug-likeness (QED) is 0.719. The van der Waals surface area contributed by atoms with Gasteiger partial charge in [-0.25, -0.2) is 0 Å². The van der Waals surface area contributed by atoms with Crippen LogP contribution in [0.5, 0.6) is 11.5 Å². The Labute approximate surface area is 162 Å². The third kappa shape index (κ3) is 2.40. The van der Waals surface area contributed by atoms with Crippen molar-refractivity contribution in [2.45, 2.75) is 56.9 Å². The molecule has 1 fully saturated rings. The first-order valence-corrected chi connectivity index (χ1v) is 9.15. The van der Waals surface area contributed by atoms with Crippen molar-refractivity contribution >= 4 is 11.9 Å². The van der Waals surface area contributed by atoms with E-state index in [1.807, 2.05) is 6.92 Å². The summed E-state index contributed by atoms with van der Waals surface area (Å²) in [6.07, 6.45) is 3.56. The van der Waals surface area contributed by atoms with E-state index in [2.05, 4.69) is 0 Å². The Bertz CT molecular complexity index is 924. The summed E-state index contributed by atoms with van der Waals surface area (Å²) >= 11 is 0. The molecule has 0 saturated carbocycles. The highest BCUT2D eigenvalue weighted by molar-refractivity contribution is 6.11. The fraction of sp³-hybridized carbons (Fsp3) is 0.476. The van der Waals surface area contributed by atoms with Crippen LogP contribution in [0.3, 0.4) is 0 Å². The Morgan fingerprint density at radius 1 is 1.39 bits per heavy atom. The van der Waals surface area contributed by atoms with Gasteiger partial charge in [-0.05, 0) is 50.6 Å². The summed E-state index contributed by atoms with van der Waals surface area (Å²) < 4.78 is 17.6. The molecule has 0 radical (unpaired) electrons. The maximum absolute atomic E-state index is 12.7. The molecule has 150 valence electrons. The Hall–Kier alpha value is -2.19. The number of fused-ring (bicyclic) bond motifs is 1. The lowest BCUT2D eigenvalue weighted by atomic mass is 9.76. The van der Waals surface area contributed by atoms with Gasteiger partial charge in [0.1, 0.15) is 11.5 Å². The van der Waals surface area contributed by atoms with Crippen LogP contribution in [0.1, 0.15) is 37.0 Å². The van der Waals surface area contributed by atoms with Crippen LogP contribution in [-0.2, 0) is 16.1 Å². The van der Waals surface area contributed by atoms with E-state index in [9.17, 15) is 20.1 Å². The molecule has 3 unspecified atom stereocenters. The number of ether oxygens (including phenoxy) is 3. The van der Waals surface area contributed by atoms with E-state index in [4.69, 9.17) is 14.2 Å². The molecule has 0 amide bonds. The van der Waals surface area contributed by atoms with Gasteiger partial charge in [-0.3, -0.25) is 4.79 Å². The van der Waals surface area contributed by atoms with E-state index in [0.717, 1.165) is 5.56 Å². The SMILES string of the molecule is COc1c(C)cc2c(c1CO)C=C1C(=O)C=CC3(O)CC(C(C)(C)O)OC13O2. The van der Waals surface area contributed by atoms with Gasteiger partial charge in [0, 0.05) is 17.5 Å². The second-order valence-corrected chi connectivity index (χ2v) is 8.14. The van der Waals surface area contributed by atoms with Crippen LogP contribution < -0.4 is 9.47 Å². The van der Waals surface area contributed by atoms with Crippen LogP contribution in [0, 0.1) is 6.92 Å². The minimum absolute atomic E-state index is 0.0644. The molecule has 2 aliphatic heterocycles. The summed E-state index contributed by atoms with van der Waals surface area (Å²) in [6.45, 7) is 4.67. The van der Waals surface area contributed by atoms with Gasteiger partial charge >= 0.3 is 0 Å². The normalized spacial score (nSPS) is 30.9. The first-order valence-electron chi connectivity index (χ1n) is 9.15. The van der Waals surface area contributed by atoms with E-state index in [-0.39, 0.29) is 24.4 Å². The van der Waals surface area contributed by atoms with Gasteiger partial charge in [-0.2, -0.15) is 0 Å². The second kappa shape index (κ2) is 5.90. The highest BCUT2D eigenvalue weighted by Crippen LogP contribution is 2.55. The highest BCUT2D eigenvalue weighted by Gasteiger charge is 2.68. The van der Waals surface area contributed by atoms with E-state index < -0.39 is 23.1 Å². The maximum atomic E-state index is 12.7. The van der Waals surface area contributed by atoms with Crippen LogP contribution in [0.2, 0.25) is 0 Å². The number of aliphatic hydroxyl groups is 3. The molecule has 3 aliphatic rings. The summed E-state index contributed by atoms with van der Waals surface area (Å²) in [5.74, 6) is -1.25. The average molecular weight is 388 g/mol. The van der Waals surface area contributed by atoms with E-state index in [1.54, 1.807) is 26.0 Å². The van der Waals surface area contributed by atoms with Crippen molar-refractivity contribution in [3.63, 3.8) is 0 Å². The number of hydrogen-bond acceptors (Lipinski definition) is 7. The van der Waals surface area contributed by atoms with Gasteiger partial charge < -0.3 is 29.5 Å². The number of hydrogen-bond donors (Lipinski definition) is 3. The molecular weight excluding hydrogens is 364 g/mol. The molecule has 0 aromatic heterocycles. The zero-order chi connectivity index (χ0) is 20.5. The van der Waals surface area contributed by atoms with Crippen molar-refractivity contribution in [1.29, 1.82) is 0 Å². The van der Waals surface area contributed by atoms with Gasteiger partial charge in [0.2, 0.25) is 0 Å². The molecule has 1 saturated heterocycles. The minimum Gasteiger partial charge on any atom is -0.496 e. The third-order valence-corrected chi connectivity index (χ3v) is 5.77. The number of aliphatic hydroxyl groups excluding tert-OH is 1. The van der Waals surface area contributed by atoms with E-state index >= 15 is 0 Å². The van der Waals surface area contributed by atoms with Crippen LogP contribution in [0.4, 0.5) is 0 Å². The number of methoxy groups -OCH3 is 1. The second-order valence-electron chi connectivity index (χ2n) is 8.14. The minimum atomic E-state index is -1.76. The number of rotatable bonds is 3. The monoisotopic (exact) mass is 388 g/mol. The molecule has 1 spiro atoms. The molecule has 7 heteroatoms. The van der Waals surface area contributed by atoms with Gasteiger partial charge in [-0.15, -0.1) is 0 Å². The first-order chi connectivity index (χ1) is 13.1. The van der Waals surface area contributed by atoms with Gasteiger partial charge in [0.15, 0.2) is 11.4 Å². The van der Waals surface area contributed by atoms with Crippen molar-refractivity contribution in [2.24, 2.45) is 0 Å². The molecule has 7 nitrogen and oxygen atoms in total. The zero-order valence-electron chi connectivity index (χ0n) is 16.3. The lowest BCUT2D eigenvalue weighted by molar-refractivity contribution is -0.225. The zero-order valence-corrected chi connectivity index (χ0v) is 16.3. The molecule has 3 N–H and O–H groups in total. The molecule has 3 atom stereocenters. The fourth-order valence-corrected chi connectivity index (χ4v) is 4.26. The molecule has 28 heavy (non-hydrogen) atoms. The maximum Gasteiger partial charge on any atom is 0.274 e. The summed E-state index contributed by atoms with van der Waals surface area (Å²) in [7, 11) is 1.51. The molecule has 1 aliphatic carbocycles. The summed E-state index contributed by atoms with van der Waals surface area (Å²) in [5.41, 5.74) is -1.02. The average Bonchev–Trinajstić information content (AvgIpc) is 2.92. The first kappa shape index (κ1) is 19.1. The third-order valence-electron chi connectivity index (χ3n) is 5.77. The van der Waals surface area contributed by atoms with Crippen LogP contribution >= 0.6 is 0 Å². The Morgan fingerprint density at radius 2 is 2.11 bits per heavy atom. The smallest absolute Gasteiger partial charge is 0.274 e. The summed E-state index contributed by atoms with van der Waals surface area (Å²) in [5, 5.41) is 31.7. The topological polar surface area (TPSA) is 105 Å². The highest BCUT2D eigenvalue weighted by atomic mass is 16.7. The molecular formula is C21H24O7. The number of carbonyl (C=O) groups is 1. The van der Waals surface area contributed by atoms with E-state index in [0.29, 0.717) is 22.6 Å². The summed E-state index contributed by atoms with van der Waals surface area (Å²) in [6, 6.07) is 1.72. The van der Waals surface area contributed by atoms with Gasteiger partial charge in [0.25, 0.3) is 5.79 Å². The molecule has 2 heterocycles. The number of allylic oxidation sites excluding steroid dienone is 1. The molecule has 1 aromatic rings. The predicted molar refractivity (Wildman–Crippen MR) is 99.9 cm³/mol. The van der Waals surface area contributed by atoms with E-state index in [1.165, 1.54) is 19.3 Å². The fourth-order valence-electron chi connectivity index (χ4n) is 4.26. The number of ketones is 1. The summed E-state index contributed by atoms with van der Waals surface area (Å²) in [4.78, 5) is 12.7. The Morgan fingerprint density at radius 3 is 2.71 bits per heavy atom. The predicted octanol–water partition coefficient (Wildman–Crippen LogP) is 1.40. The number of aryl methyl sites for hydroxylation is 1. The molecule has 0 bridgehead atoms. The lowest BCUT2D eigenvalue weighted by Gasteiger charge is -2.44. The van der Waals surface area contributed by atoms with Crippen molar-refractivity contribution in [3.8, 4) is 11.5 Å². The molecule has 4 rings (SSSR count). The van der Waals surface area contributed by atoms with Crippen LogP contribution in [0.15, 0.2) is 23.8 Å². The van der Waals surface area contributed by atoms with Crippen molar-refractivity contribution < 1.29 is 34.3 Å². The standard InChI is InChI=1S/C21H24O7/c1-11-7-16-12(13(10-22)18(11)26-4)8-14-15(23)5-6-20(25)9-17(19(2,3)24)28-21(14,20)27-16/h5-8,17,22,24-25H,9-10H2,1-4H3. The Kier molecular flexibility index (Phi) is 4.04. The van der Waals surface area contributed by atoms with Crippen LogP contribution in [0.25, 0.3) is 6.08 Å². The van der Waals surface area contributed by atoms with Crippen molar-refractivity contribution in [3.05, 3.63) is 40.5 Å². The van der Waals surface area contributed by atoms with Crippen molar-refractivity contribution in [1.82, 2.24) is 0 Å². The van der Waals surface area contributed by atoms with Crippen LogP contribution in [-0.4, -0.2) is 51.3 Å². The van der Waals surface area contributed by atoms with Gasteiger partial charge in [-0.1, -0.05) is 0 Å². The number of benzene rings is 1. The largest absolute Gasteiger partial charge is 0.496 e. The van der Waals surface area contributed by atoms with Crippen molar-refractivity contribution in [2.75, 3.05) is 7.11 Å². The number of carbonyl (C=O) groups excluding carboxylic acids is 1. The Balaban J connectivity index is 1.95. The van der Waals surface area contributed by atoms with Gasteiger partial charge in [0.05, 0.1) is 31.0 Å².